The van der Waals surface area contributed by atoms with Crippen LogP contribution in [0, 0.1) is 5.92 Å². The smallest absolute Gasteiger partial charge is 0.228 e. The average molecular weight is 392 g/mol. The van der Waals surface area contributed by atoms with Crippen molar-refractivity contribution in [2.45, 2.75) is 18.8 Å². The highest BCUT2D eigenvalue weighted by Crippen LogP contribution is 2.48. The number of hydrogen-bond donors (Lipinski definition) is 1. The number of aromatic nitrogens is 1. The van der Waals surface area contributed by atoms with Gasteiger partial charge in [-0.2, -0.15) is 0 Å². The number of pyridine rings is 1. The highest BCUT2D eigenvalue weighted by molar-refractivity contribution is 6.01. The molecule has 4 rings (SSSR count). The van der Waals surface area contributed by atoms with Crippen LogP contribution >= 0.6 is 0 Å². The first kappa shape index (κ1) is 19.1. The van der Waals surface area contributed by atoms with Gasteiger partial charge in [0.15, 0.2) is 11.5 Å². The Morgan fingerprint density at radius 3 is 2.34 bits per heavy atom. The molecule has 1 heterocycles. The molecule has 0 saturated heterocycles. The predicted octanol–water partition coefficient (Wildman–Crippen LogP) is 4.39. The zero-order chi connectivity index (χ0) is 20.4. The molecule has 6 nitrogen and oxygen atoms in total. The molecule has 3 aromatic rings. The van der Waals surface area contributed by atoms with E-state index in [1.807, 2.05) is 42.5 Å². The second-order valence-corrected chi connectivity index (χ2v) is 7.12. The fourth-order valence-corrected chi connectivity index (χ4v) is 3.96. The molecule has 0 bridgehead atoms. The highest BCUT2D eigenvalue weighted by atomic mass is 16.5. The van der Waals surface area contributed by atoms with Crippen LogP contribution in [0.25, 0.3) is 10.9 Å². The van der Waals surface area contributed by atoms with E-state index in [-0.39, 0.29) is 17.7 Å². The Morgan fingerprint density at radius 1 is 1.00 bits per heavy atom. The lowest BCUT2D eigenvalue weighted by molar-refractivity contribution is -0.123. The average Bonchev–Trinajstić information content (AvgIpc) is 2.72. The molecule has 1 saturated carbocycles. The highest BCUT2D eigenvalue weighted by Gasteiger charge is 2.38. The van der Waals surface area contributed by atoms with Crippen LogP contribution in [0.1, 0.15) is 24.3 Å². The van der Waals surface area contributed by atoms with Crippen molar-refractivity contribution in [3.63, 3.8) is 0 Å². The SMILES string of the molecule is COc1cc([C@H]2CC[C@H]2C(=O)Nc2cccc3cccnc23)cc(OC)c1OC. The van der Waals surface area contributed by atoms with Crippen molar-refractivity contribution in [3.8, 4) is 17.2 Å². The molecule has 0 unspecified atom stereocenters. The zero-order valence-electron chi connectivity index (χ0n) is 16.8. The van der Waals surface area contributed by atoms with Crippen LogP contribution in [-0.4, -0.2) is 32.2 Å². The van der Waals surface area contributed by atoms with Gasteiger partial charge in [0.05, 0.1) is 32.5 Å². The van der Waals surface area contributed by atoms with Gasteiger partial charge in [-0.1, -0.05) is 18.2 Å². The third kappa shape index (κ3) is 3.46. The summed E-state index contributed by atoms with van der Waals surface area (Å²) < 4.78 is 16.3. The number of anilines is 1. The van der Waals surface area contributed by atoms with E-state index in [1.54, 1.807) is 27.5 Å². The standard InChI is InChI=1S/C23H24N2O4/c1-27-19-12-15(13-20(28-2)22(19)29-3)16-9-10-17(16)23(26)25-18-8-4-6-14-7-5-11-24-21(14)18/h4-8,11-13,16-17H,9-10H2,1-3H3,(H,25,26)/t16-,17-/m1/s1. The van der Waals surface area contributed by atoms with E-state index in [0.29, 0.717) is 17.2 Å². The molecule has 0 radical (unpaired) electrons. The van der Waals surface area contributed by atoms with Crippen molar-refractivity contribution in [1.82, 2.24) is 4.98 Å². The Bertz CT molecular complexity index is 1020. The van der Waals surface area contributed by atoms with Gasteiger partial charge in [-0.25, -0.2) is 0 Å². The van der Waals surface area contributed by atoms with Gasteiger partial charge in [-0.05, 0) is 48.6 Å². The number of nitrogens with one attached hydrogen (secondary N) is 1. The molecule has 150 valence electrons. The van der Waals surface area contributed by atoms with Crippen LogP contribution in [-0.2, 0) is 4.79 Å². The van der Waals surface area contributed by atoms with Crippen LogP contribution in [0.4, 0.5) is 5.69 Å². The Labute approximate surface area is 169 Å². The molecule has 0 aliphatic heterocycles. The van der Waals surface area contributed by atoms with Crippen LogP contribution in [0.3, 0.4) is 0 Å². The summed E-state index contributed by atoms with van der Waals surface area (Å²) in [7, 11) is 4.77. The van der Waals surface area contributed by atoms with Crippen molar-refractivity contribution in [1.29, 1.82) is 0 Å². The van der Waals surface area contributed by atoms with Gasteiger partial charge in [-0.15, -0.1) is 0 Å². The molecule has 2 atom stereocenters. The Kier molecular flexibility index (Phi) is 5.25. The van der Waals surface area contributed by atoms with Crippen molar-refractivity contribution in [2.24, 2.45) is 5.92 Å². The van der Waals surface area contributed by atoms with Crippen LogP contribution < -0.4 is 19.5 Å². The van der Waals surface area contributed by atoms with Gasteiger partial charge in [-0.3, -0.25) is 9.78 Å². The van der Waals surface area contributed by atoms with Gasteiger partial charge < -0.3 is 19.5 Å². The number of carbonyl (C=O) groups excluding carboxylic acids is 1. The molecular formula is C23H24N2O4. The maximum absolute atomic E-state index is 13.0. The van der Waals surface area contributed by atoms with E-state index in [9.17, 15) is 4.79 Å². The third-order valence-corrected chi connectivity index (χ3v) is 5.62. The summed E-state index contributed by atoms with van der Waals surface area (Å²) in [6.07, 6.45) is 3.51. The second kappa shape index (κ2) is 7.99. The van der Waals surface area contributed by atoms with Crippen molar-refractivity contribution in [3.05, 3.63) is 54.2 Å². The normalized spacial score (nSPS) is 18.0. The summed E-state index contributed by atoms with van der Waals surface area (Å²) in [5, 5.41) is 4.08. The van der Waals surface area contributed by atoms with E-state index in [2.05, 4.69) is 10.3 Å². The van der Waals surface area contributed by atoms with Gasteiger partial charge in [0.2, 0.25) is 11.7 Å². The summed E-state index contributed by atoms with van der Waals surface area (Å²) in [5.41, 5.74) is 2.55. The quantitative estimate of drug-likeness (QED) is 0.674. The number of rotatable bonds is 6. The van der Waals surface area contributed by atoms with E-state index >= 15 is 0 Å². The lowest BCUT2D eigenvalue weighted by Gasteiger charge is -2.36. The van der Waals surface area contributed by atoms with E-state index in [1.165, 1.54) is 0 Å². The molecule has 29 heavy (non-hydrogen) atoms. The molecule has 1 amide bonds. The molecule has 1 N–H and O–H groups in total. The first-order chi connectivity index (χ1) is 14.2. The first-order valence-corrected chi connectivity index (χ1v) is 9.60. The number of hydrogen-bond acceptors (Lipinski definition) is 5. The molecule has 1 aliphatic rings. The summed E-state index contributed by atoms with van der Waals surface area (Å²) in [5.74, 6) is 1.76. The summed E-state index contributed by atoms with van der Waals surface area (Å²) >= 11 is 0. The molecule has 6 heteroatoms. The third-order valence-electron chi connectivity index (χ3n) is 5.62. The van der Waals surface area contributed by atoms with Gasteiger partial charge in [0.25, 0.3) is 0 Å². The van der Waals surface area contributed by atoms with Crippen LogP contribution in [0.5, 0.6) is 17.2 Å². The van der Waals surface area contributed by atoms with Crippen molar-refractivity contribution >= 4 is 22.5 Å². The van der Waals surface area contributed by atoms with E-state index < -0.39 is 0 Å². The number of ether oxygens (including phenoxy) is 3. The number of fused-ring (bicyclic) bond motifs is 1. The first-order valence-electron chi connectivity index (χ1n) is 9.60. The fraction of sp³-hybridized carbons (Fsp3) is 0.304. The molecule has 1 fully saturated rings. The minimum Gasteiger partial charge on any atom is -0.493 e. The number of carbonyl (C=O) groups is 1. The Hall–Kier alpha value is -3.28. The number of nitrogens with zero attached hydrogens (tertiary/aromatic N) is 1. The second-order valence-electron chi connectivity index (χ2n) is 7.12. The number of para-hydroxylation sites is 1. The van der Waals surface area contributed by atoms with E-state index in [4.69, 9.17) is 14.2 Å². The van der Waals surface area contributed by atoms with Crippen LogP contribution in [0.2, 0.25) is 0 Å². The van der Waals surface area contributed by atoms with E-state index in [0.717, 1.165) is 35.0 Å². The largest absolute Gasteiger partial charge is 0.493 e. The van der Waals surface area contributed by atoms with Crippen molar-refractivity contribution < 1.29 is 19.0 Å². The monoisotopic (exact) mass is 392 g/mol. The molecular weight excluding hydrogens is 368 g/mol. The summed E-state index contributed by atoms with van der Waals surface area (Å²) in [6, 6.07) is 13.5. The summed E-state index contributed by atoms with van der Waals surface area (Å²) in [4.78, 5) is 17.4. The Balaban J connectivity index is 1.58. The minimum absolute atomic E-state index is 0.00755. The fourth-order valence-electron chi connectivity index (χ4n) is 3.96. The minimum atomic E-state index is -0.114. The van der Waals surface area contributed by atoms with Gasteiger partial charge >= 0.3 is 0 Å². The molecule has 1 aromatic heterocycles. The topological polar surface area (TPSA) is 69.7 Å². The number of benzene rings is 2. The Morgan fingerprint density at radius 2 is 1.72 bits per heavy atom. The van der Waals surface area contributed by atoms with Gasteiger partial charge in [0, 0.05) is 17.5 Å². The number of amides is 1. The van der Waals surface area contributed by atoms with Crippen molar-refractivity contribution in [2.75, 3.05) is 26.6 Å². The van der Waals surface area contributed by atoms with Crippen LogP contribution in [0.15, 0.2) is 48.7 Å². The number of methoxy groups -OCH3 is 3. The molecule has 2 aromatic carbocycles. The maximum Gasteiger partial charge on any atom is 0.228 e. The lowest BCUT2D eigenvalue weighted by atomic mass is 9.69. The zero-order valence-corrected chi connectivity index (χ0v) is 16.8. The molecule has 0 spiro atoms. The predicted molar refractivity (Wildman–Crippen MR) is 112 cm³/mol. The lowest BCUT2D eigenvalue weighted by Crippen LogP contribution is -2.35. The maximum atomic E-state index is 13.0. The van der Waals surface area contributed by atoms with Gasteiger partial charge in [0.1, 0.15) is 0 Å². The summed E-state index contributed by atoms with van der Waals surface area (Å²) in [6.45, 7) is 0. The molecule has 1 aliphatic carbocycles.